The number of ether oxygens (including phenoxy) is 1. The van der Waals surface area contributed by atoms with Gasteiger partial charge in [-0.05, 0) is 86.6 Å². The van der Waals surface area contributed by atoms with Crippen LogP contribution in [0.5, 0.6) is 6.01 Å². The lowest BCUT2D eigenvalue weighted by Crippen LogP contribution is -2.47. The molecule has 0 radical (unpaired) electrons. The predicted octanol–water partition coefficient (Wildman–Crippen LogP) is 6.92. The fourth-order valence-electron chi connectivity index (χ4n) is 8.31. The van der Waals surface area contributed by atoms with Crippen LogP contribution in [0, 0.1) is 17.3 Å². The van der Waals surface area contributed by atoms with Gasteiger partial charge >= 0.3 is 0 Å². The molecule has 11 heteroatoms. The molecule has 0 bridgehead atoms. The maximum Gasteiger partial charge on any atom is 0.294 e. The zero-order chi connectivity index (χ0) is 37.5. The molecule has 3 aromatic carbocycles. The molecule has 282 valence electrons. The van der Waals surface area contributed by atoms with Crippen LogP contribution in [0.2, 0.25) is 0 Å². The molecule has 8 rings (SSSR count). The van der Waals surface area contributed by atoms with Crippen molar-refractivity contribution in [2.75, 3.05) is 6.54 Å². The lowest BCUT2D eigenvalue weighted by molar-refractivity contribution is -0.142. The summed E-state index contributed by atoms with van der Waals surface area (Å²) in [5.74, 6) is -1.58. The number of sulfonamides is 1. The highest BCUT2D eigenvalue weighted by Crippen LogP contribution is 2.57. The topological polar surface area (TPSA) is 139 Å². The molecule has 1 aromatic heterocycles. The first-order valence-electron chi connectivity index (χ1n) is 19.4. The van der Waals surface area contributed by atoms with Gasteiger partial charge in [-0.2, -0.15) is 4.98 Å². The molecule has 10 nitrogen and oxygen atoms in total. The van der Waals surface area contributed by atoms with Gasteiger partial charge in [0.2, 0.25) is 21.8 Å². The monoisotopic (exact) mass is 748 g/mol. The van der Waals surface area contributed by atoms with Crippen LogP contribution in [0.4, 0.5) is 0 Å². The number of fused-ring (bicyclic) bond motifs is 3. The zero-order valence-corrected chi connectivity index (χ0v) is 31.5. The Labute approximate surface area is 316 Å². The quantitative estimate of drug-likeness (QED) is 0.187. The number of hydrogen-bond donors (Lipinski definition) is 2. The third-order valence-corrected chi connectivity index (χ3v) is 14.3. The van der Waals surface area contributed by atoms with Gasteiger partial charge in [0.05, 0.1) is 33.8 Å². The summed E-state index contributed by atoms with van der Waals surface area (Å²) in [6.07, 6.45) is 9.77. The van der Waals surface area contributed by atoms with Crippen LogP contribution >= 0.6 is 0 Å². The molecule has 5 atom stereocenters. The van der Waals surface area contributed by atoms with Crippen molar-refractivity contribution in [2.24, 2.45) is 17.3 Å². The Bertz CT molecular complexity index is 2140. The highest BCUT2D eigenvalue weighted by Gasteiger charge is 2.62. The molecule has 3 fully saturated rings. The van der Waals surface area contributed by atoms with E-state index in [0.717, 1.165) is 53.4 Å². The van der Waals surface area contributed by atoms with E-state index in [0.29, 0.717) is 38.1 Å². The molecule has 2 aliphatic heterocycles. The molecule has 3 heterocycles. The van der Waals surface area contributed by atoms with E-state index in [9.17, 15) is 22.8 Å². The van der Waals surface area contributed by atoms with Crippen molar-refractivity contribution in [1.82, 2.24) is 19.6 Å². The lowest BCUT2D eigenvalue weighted by atomic mass is 9.89. The van der Waals surface area contributed by atoms with Gasteiger partial charge in [0, 0.05) is 18.8 Å². The van der Waals surface area contributed by atoms with Crippen molar-refractivity contribution < 1.29 is 27.5 Å². The van der Waals surface area contributed by atoms with Crippen molar-refractivity contribution in [3.05, 3.63) is 96.6 Å². The Morgan fingerprint density at radius 3 is 2.46 bits per heavy atom. The minimum atomic E-state index is -3.90. The SMILES string of the molecule is CC1(S(=O)(=O)NC(=O)[C@]23CC(=O)[C@@H]4C[C@@H](Oc5nc6ccccc6[nH]5)CN4C(=O)[C@@H](Cc4ccc(-c5ccccc5)cc4)CCCCC/C=C\[C@H]2C3)CC1. The number of benzene rings is 3. The molecular formula is C43H48N4O6S. The third-order valence-electron chi connectivity index (χ3n) is 12.2. The van der Waals surface area contributed by atoms with E-state index in [1.54, 1.807) is 11.8 Å². The summed E-state index contributed by atoms with van der Waals surface area (Å²) in [5.41, 5.74) is 3.67. The molecule has 1 saturated heterocycles. The molecule has 2 aliphatic carbocycles. The second-order valence-electron chi connectivity index (χ2n) is 16.1. The molecule has 54 heavy (non-hydrogen) atoms. The number of para-hydroxylation sites is 2. The fraction of sp³-hybridized carbons (Fsp3) is 0.442. The lowest BCUT2D eigenvalue weighted by Gasteiger charge is -2.29. The summed E-state index contributed by atoms with van der Waals surface area (Å²) >= 11 is 0. The summed E-state index contributed by atoms with van der Waals surface area (Å²) in [4.78, 5) is 52.7. The number of ketones is 1. The maximum atomic E-state index is 14.8. The molecule has 0 spiro atoms. The Morgan fingerprint density at radius 1 is 0.963 bits per heavy atom. The first-order chi connectivity index (χ1) is 26.0. The number of rotatable bonds is 8. The van der Waals surface area contributed by atoms with E-state index in [2.05, 4.69) is 57.2 Å². The predicted molar refractivity (Wildman–Crippen MR) is 207 cm³/mol. The van der Waals surface area contributed by atoms with Crippen LogP contribution in [0.25, 0.3) is 22.2 Å². The number of nitrogens with one attached hydrogen (secondary N) is 2. The number of imidazole rings is 1. The molecule has 4 aromatic rings. The fourth-order valence-corrected chi connectivity index (χ4v) is 9.64. The van der Waals surface area contributed by atoms with Crippen LogP contribution in [0.15, 0.2) is 91.0 Å². The summed E-state index contributed by atoms with van der Waals surface area (Å²) < 4.78 is 34.1. The van der Waals surface area contributed by atoms with Gasteiger partial charge in [0.25, 0.3) is 6.01 Å². The Hall–Kier alpha value is -4.77. The van der Waals surface area contributed by atoms with Crippen molar-refractivity contribution >= 4 is 38.7 Å². The van der Waals surface area contributed by atoms with Gasteiger partial charge in [0.15, 0.2) is 5.78 Å². The minimum Gasteiger partial charge on any atom is -0.459 e. The number of carbonyl (C=O) groups is 3. The van der Waals surface area contributed by atoms with E-state index in [1.807, 2.05) is 48.5 Å². The number of hydrogen-bond acceptors (Lipinski definition) is 7. The first-order valence-corrected chi connectivity index (χ1v) is 20.8. The number of Topliss-reactive ketones (excluding diaryl/α,β-unsaturated/α-hetero) is 1. The number of amides is 2. The highest BCUT2D eigenvalue weighted by molar-refractivity contribution is 7.91. The molecule has 2 N–H and O–H groups in total. The minimum absolute atomic E-state index is 0.0979. The number of H-pyrrole nitrogens is 1. The van der Waals surface area contributed by atoms with Crippen molar-refractivity contribution in [1.29, 1.82) is 0 Å². The summed E-state index contributed by atoms with van der Waals surface area (Å²) in [6, 6.07) is 25.6. The molecule has 4 aliphatic rings. The first kappa shape index (κ1) is 36.2. The number of aromatic amines is 1. The van der Waals surface area contributed by atoms with E-state index < -0.39 is 38.2 Å². The summed E-state index contributed by atoms with van der Waals surface area (Å²) in [5, 5.41) is 0. The number of carbonyl (C=O) groups excluding carboxylic acids is 3. The van der Waals surface area contributed by atoms with E-state index in [-0.39, 0.29) is 42.9 Å². The second-order valence-corrected chi connectivity index (χ2v) is 18.3. The maximum absolute atomic E-state index is 14.8. The van der Waals surface area contributed by atoms with Crippen LogP contribution in [0.1, 0.15) is 76.7 Å². The van der Waals surface area contributed by atoms with Crippen LogP contribution in [-0.2, 0) is 30.8 Å². The third kappa shape index (κ3) is 7.34. The van der Waals surface area contributed by atoms with Gasteiger partial charge in [-0.25, -0.2) is 8.42 Å². The molecular weight excluding hydrogens is 701 g/mol. The number of nitrogens with zero attached hydrogens (tertiary/aromatic N) is 2. The Kier molecular flexibility index (Phi) is 9.70. The normalized spacial score (nSPS) is 27.6. The van der Waals surface area contributed by atoms with Crippen molar-refractivity contribution in [3.8, 4) is 17.1 Å². The molecule has 0 unspecified atom stereocenters. The van der Waals surface area contributed by atoms with Crippen LogP contribution in [-0.4, -0.2) is 64.3 Å². The zero-order valence-electron chi connectivity index (χ0n) is 30.7. The summed E-state index contributed by atoms with van der Waals surface area (Å²) in [6.45, 7) is 1.84. The average molecular weight is 749 g/mol. The highest BCUT2D eigenvalue weighted by atomic mass is 32.2. The van der Waals surface area contributed by atoms with Crippen LogP contribution in [0.3, 0.4) is 0 Å². The smallest absolute Gasteiger partial charge is 0.294 e. The van der Waals surface area contributed by atoms with Crippen molar-refractivity contribution in [3.63, 3.8) is 0 Å². The number of allylic oxidation sites excluding steroid dienone is 2. The van der Waals surface area contributed by atoms with Crippen molar-refractivity contribution in [2.45, 2.75) is 94.4 Å². The second kappa shape index (κ2) is 14.5. The molecule has 2 amide bonds. The van der Waals surface area contributed by atoms with Gasteiger partial charge in [-0.15, -0.1) is 0 Å². The largest absolute Gasteiger partial charge is 0.459 e. The standard InChI is InChI=1S/C43H48N4O6S/c1-42(22-23-42)54(51,52)46-40(50)43-26-33(43)15-9-4-2-3-6-14-32(24-29-18-20-31(21-19-29)30-12-7-5-8-13-30)39(49)47-28-34(25-37(47)38(48)27-43)53-41-44-35-16-10-11-17-36(35)45-41/h5,7-13,15-21,32-34,37H,2-4,6,14,22-28H2,1H3,(H,44,45)(H,46,50)/b15-9-/t32-,33+,34-,37+,43-/m1/s1. The molecule has 2 saturated carbocycles. The average Bonchev–Trinajstić information content (AvgIpc) is 3.98. The van der Waals surface area contributed by atoms with E-state index >= 15 is 0 Å². The Balaban J connectivity index is 1.08. The summed E-state index contributed by atoms with van der Waals surface area (Å²) in [7, 11) is -3.90. The van der Waals surface area contributed by atoms with E-state index in [4.69, 9.17) is 4.74 Å². The van der Waals surface area contributed by atoms with Gasteiger partial charge in [0.1, 0.15) is 6.10 Å². The van der Waals surface area contributed by atoms with Gasteiger partial charge < -0.3 is 14.6 Å². The van der Waals surface area contributed by atoms with Gasteiger partial charge in [-0.3, -0.25) is 19.1 Å². The van der Waals surface area contributed by atoms with E-state index in [1.165, 1.54) is 0 Å². The van der Waals surface area contributed by atoms with Crippen LogP contribution < -0.4 is 9.46 Å². The van der Waals surface area contributed by atoms with Gasteiger partial charge in [-0.1, -0.05) is 91.7 Å². The Morgan fingerprint density at radius 2 is 1.70 bits per heavy atom. The number of aromatic nitrogens is 2.